The summed E-state index contributed by atoms with van der Waals surface area (Å²) in [6, 6.07) is -0.420. The molecule has 0 spiro atoms. The predicted molar refractivity (Wildman–Crippen MR) is 74.3 cm³/mol. The molecule has 1 aliphatic carbocycles. The summed E-state index contributed by atoms with van der Waals surface area (Å²) in [5, 5.41) is 11.7. The van der Waals surface area contributed by atoms with Gasteiger partial charge in [0.2, 0.25) is 0 Å². The molecular formula is C12H22N2O5S. The molecule has 1 aliphatic rings. The Labute approximate surface area is 119 Å². The van der Waals surface area contributed by atoms with Gasteiger partial charge in [0, 0.05) is 19.8 Å². The summed E-state index contributed by atoms with van der Waals surface area (Å²) in [5.41, 5.74) is -0.692. The summed E-state index contributed by atoms with van der Waals surface area (Å²) in [7, 11) is -1.63. The average Bonchev–Trinajstić information content (AvgIpc) is 2.72. The molecule has 0 aromatic heterocycles. The second-order valence-corrected chi connectivity index (χ2v) is 7.80. The van der Waals surface area contributed by atoms with Gasteiger partial charge in [0.1, 0.15) is 9.84 Å². The van der Waals surface area contributed by atoms with Gasteiger partial charge in [0.25, 0.3) is 0 Å². The highest BCUT2D eigenvalue weighted by Gasteiger charge is 2.38. The molecule has 0 aromatic rings. The zero-order valence-electron chi connectivity index (χ0n) is 11.9. The summed E-state index contributed by atoms with van der Waals surface area (Å²) in [5.74, 6) is -1.05. The van der Waals surface area contributed by atoms with Gasteiger partial charge in [0.05, 0.1) is 17.7 Å². The van der Waals surface area contributed by atoms with Crippen molar-refractivity contribution in [1.29, 1.82) is 0 Å². The Kier molecular flexibility index (Phi) is 5.38. The molecule has 0 heterocycles. The van der Waals surface area contributed by atoms with E-state index in [1.54, 1.807) is 0 Å². The number of nitrogens with zero attached hydrogens (tertiary/aromatic N) is 1. The molecule has 0 atom stereocenters. The minimum atomic E-state index is -3.13. The van der Waals surface area contributed by atoms with Crippen LogP contribution in [0.1, 0.15) is 32.1 Å². The van der Waals surface area contributed by atoms with E-state index in [0.717, 1.165) is 19.1 Å². The van der Waals surface area contributed by atoms with Gasteiger partial charge in [0.15, 0.2) is 0 Å². The van der Waals surface area contributed by atoms with Crippen LogP contribution in [0.5, 0.6) is 0 Å². The van der Waals surface area contributed by atoms with Crippen molar-refractivity contribution in [3.63, 3.8) is 0 Å². The highest BCUT2D eigenvalue weighted by molar-refractivity contribution is 7.90. The Morgan fingerprint density at radius 3 is 2.30 bits per heavy atom. The van der Waals surface area contributed by atoms with Gasteiger partial charge in [-0.3, -0.25) is 4.79 Å². The van der Waals surface area contributed by atoms with Crippen LogP contribution in [0.2, 0.25) is 0 Å². The van der Waals surface area contributed by atoms with Crippen LogP contribution >= 0.6 is 0 Å². The first-order valence-electron chi connectivity index (χ1n) is 6.56. The fourth-order valence-corrected chi connectivity index (χ4v) is 3.02. The number of amides is 2. The summed E-state index contributed by atoms with van der Waals surface area (Å²) in [4.78, 5) is 24.2. The number of sulfone groups is 1. The number of aliphatic carboxylic acids is 1. The summed E-state index contributed by atoms with van der Waals surface area (Å²) in [6.45, 7) is 0.0911. The van der Waals surface area contributed by atoms with Crippen LogP contribution in [0, 0.1) is 0 Å². The Balaban J connectivity index is 2.60. The molecule has 2 amide bonds. The monoisotopic (exact) mass is 306 g/mol. The first-order chi connectivity index (χ1) is 9.14. The number of urea groups is 1. The third-order valence-corrected chi connectivity index (χ3v) is 4.49. The zero-order valence-corrected chi connectivity index (χ0v) is 12.7. The van der Waals surface area contributed by atoms with Gasteiger partial charge in [-0.1, -0.05) is 12.8 Å². The first kappa shape index (κ1) is 16.7. The van der Waals surface area contributed by atoms with Crippen molar-refractivity contribution in [1.82, 2.24) is 10.2 Å². The minimum Gasteiger partial charge on any atom is -0.481 e. The summed E-state index contributed by atoms with van der Waals surface area (Å²) in [6.07, 6.45) is 4.08. The number of hydrogen-bond donors (Lipinski definition) is 2. The van der Waals surface area contributed by atoms with E-state index in [1.807, 2.05) is 0 Å². The highest BCUT2D eigenvalue weighted by atomic mass is 32.2. The molecule has 7 nitrogen and oxygen atoms in total. The van der Waals surface area contributed by atoms with Crippen LogP contribution in [-0.4, -0.2) is 61.6 Å². The minimum absolute atomic E-state index is 0.0911. The van der Waals surface area contributed by atoms with Crippen molar-refractivity contribution in [2.24, 2.45) is 0 Å². The standard InChI is InChI=1S/C12H22N2O5S/c1-14(7-8-20(2,18)19)11(17)13-12(9-10(15)16)5-3-4-6-12/h3-9H2,1-2H3,(H,13,17)(H,15,16). The maximum atomic E-state index is 12.0. The van der Waals surface area contributed by atoms with Crippen LogP contribution in [0.15, 0.2) is 0 Å². The fourth-order valence-electron chi connectivity index (χ4n) is 2.41. The van der Waals surface area contributed by atoms with Crippen molar-refractivity contribution in [2.45, 2.75) is 37.6 Å². The van der Waals surface area contributed by atoms with Crippen molar-refractivity contribution in [2.75, 3.05) is 25.6 Å². The molecule has 8 heteroatoms. The summed E-state index contributed by atoms with van der Waals surface area (Å²) >= 11 is 0. The lowest BCUT2D eigenvalue weighted by Crippen LogP contribution is -2.52. The van der Waals surface area contributed by atoms with Crippen LogP contribution in [0.3, 0.4) is 0 Å². The van der Waals surface area contributed by atoms with E-state index in [-0.39, 0.29) is 18.7 Å². The topological polar surface area (TPSA) is 104 Å². The largest absolute Gasteiger partial charge is 0.481 e. The quantitative estimate of drug-likeness (QED) is 0.742. The Morgan fingerprint density at radius 2 is 1.85 bits per heavy atom. The maximum absolute atomic E-state index is 12.0. The van der Waals surface area contributed by atoms with Gasteiger partial charge in [-0.2, -0.15) is 0 Å². The van der Waals surface area contributed by atoms with Gasteiger partial charge < -0.3 is 15.3 Å². The first-order valence-corrected chi connectivity index (χ1v) is 8.62. The second-order valence-electron chi connectivity index (χ2n) is 5.54. The van der Waals surface area contributed by atoms with E-state index in [4.69, 9.17) is 5.11 Å². The maximum Gasteiger partial charge on any atom is 0.317 e. The molecule has 0 radical (unpaired) electrons. The number of nitrogens with one attached hydrogen (secondary N) is 1. The normalized spacial score (nSPS) is 17.7. The van der Waals surface area contributed by atoms with Gasteiger partial charge in [-0.05, 0) is 12.8 Å². The lowest BCUT2D eigenvalue weighted by Gasteiger charge is -2.31. The number of rotatable bonds is 6. The number of hydrogen-bond acceptors (Lipinski definition) is 4. The lowest BCUT2D eigenvalue weighted by molar-refractivity contribution is -0.138. The Hall–Kier alpha value is -1.31. The lowest BCUT2D eigenvalue weighted by atomic mass is 9.93. The third kappa shape index (κ3) is 5.36. The highest BCUT2D eigenvalue weighted by Crippen LogP contribution is 2.32. The molecule has 0 bridgehead atoms. The van der Waals surface area contributed by atoms with Crippen molar-refractivity contribution >= 4 is 21.8 Å². The zero-order chi connectivity index (χ0) is 15.4. The number of carbonyl (C=O) groups is 2. The number of carbonyl (C=O) groups excluding carboxylic acids is 1. The molecule has 1 saturated carbocycles. The second kappa shape index (κ2) is 6.43. The van der Waals surface area contributed by atoms with Crippen LogP contribution in [-0.2, 0) is 14.6 Å². The SMILES string of the molecule is CN(CCS(C)(=O)=O)C(=O)NC1(CC(=O)O)CCCC1. The number of carboxylic acid groups (broad SMARTS) is 1. The van der Waals surface area contributed by atoms with Crippen molar-refractivity contribution in [3.05, 3.63) is 0 Å². The average molecular weight is 306 g/mol. The van der Waals surface area contributed by atoms with E-state index in [9.17, 15) is 18.0 Å². The molecule has 116 valence electrons. The van der Waals surface area contributed by atoms with Crippen LogP contribution < -0.4 is 5.32 Å². The van der Waals surface area contributed by atoms with Gasteiger partial charge in [-0.25, -0.2) is 13.2 Å². The molecule has 1 rings (SSSR count). The molecule has 0 aromatic carbocycles. The van der Waals surface area contributed by atoms with Crippen LogP contribution in [0.25, 0.3) is 0 Å². The van der Waals surface area contributed by atoms with E-state index >= 15 is 0 Å². The molecule has 20 heavy (non-hydrogen) atoms. The molecule has 0 saturated heterocycles. The smallest absolute Gasteiger partial charge is 0.317 e. The van der Waals surface area contributed by atoms with Crippen molar-refractivity contribution < 1.29 is 23.1 Å². The Bertz CT molecular complexity index is 468. The van der Waals surface area contributed by atoms with E-state index in [2.05, 4.69) is 5.32 Å². The molecule has 1 fully saturated rings. The molecule has 0 unspecified atom stereocenters. The van der Waals surface area contributed by atoms with Crippen LogP contribution in [0.4, 0.5) is 4.79 Å². The fraction of sp³-hybridized carbons (Fsp3) is 0.833. The van der Waals surface area contributed by atoms with E-state index < -0.39 is 27.4 Å². The third-order valence-electron chi connectivity index (χ3n) is 3.57. The van der Waals surface area contributed by atoms with E-state index in [1.165, 1.54) is 11.9 Å². The summed E-state index contributed by atoms with van der Waals surface area (Å²) < 4.78 is 22.2. The Morgan fingerprint density at radius 1 is 1.30 bits per heavy atom. The van der Waals surface area contributed by atoms with E-state index in [0.29, 0.717) is 12.8 Å². The molecule has 2 N–H and O–H groups in total. The van der Waals surface area contributed by atoms with Gasteiger partial charge >= 0.3 is 12.0 Å². The number of carboxylic acids is 1. The van der Waals surface area contributed by atoms with Gasteiger partial charge in [-0.15, -0.1) is 0 Å². The molecule has 0 aliphatic heterocycles. The van der Waals surface area contributed by atoms with Crippen molar-refractivity contribution in [3.8, 4) is 0 Å². The molecular weight excluding hydrogens is 284 g/mol. The predicted octanol–water partition coefficient (Wildman–Crippen LogP) is 0.460.